The van der Waals surface area contributed by atoms with Gasteiger partial charge in [-0.2, -0.15) is 0 Å². The van der Waals surface area contributed by atoms with Gasteiger partial charge >= 0.3 is 5.97 Å². The summed E-state index contributed by atoms with van der Waals surface area (Å²) in [6.07, 6.45) is 5.51. The molecular weight excluding hydrogens is 268 g/mol. The Morgan fingerprint density at radius 1 is 1.19 bits per heavy atom. The summed E-state index contributed by atoms with van der Waals surface area (Å²) < 4.78 is 6.68. The van der Waals surface area contributed by atoms with E-state index >= 15 is 0 Å². The maximum absolute atomic E-state index is 11.8. The quantitative estimate of drug-likeness (QED) is 0.676. The molecule has 16 heavy (non-hydrogen) atoms. The minimum atomic E-state index is -0.311. The second kappa shape index (κ2) is 3.59. The molecule has 1 spiro atoms. The first-order chi connectivity index (χ1) is 7.71. The Labute approximate surface area is 103 Å². The van der Waals surface area contributed by atoms with Crippen LogP contribution in [0.3, 0.4) is 0 Å². The number of halogens is 1. The fourth-order valence-electron chi connectivity index (χ4n) is 2.85. The van der Waals surface area contributed by atoms with Gasteiger partial charge in [-0.3, -0.25) is 0 Å². The summed E-state index contributed by atoms with van der Waals surface area (Å²) in [5, 5.41) is 0. The van der Waals surface area contributed by atoms with Gasteiger partial charge in [0, 0.05) is 10.0 Å². The van der Waals surface area contributed by atoms with Crippen LogP contribution in [-0.2, 0) is 10.3 Å². The third-order valence-corrected chi connectivity index (χ3v) is 4.13. The van der Waals surface area contributed by atoms with E-state index in [0.717, 1.165) is 41.3 Å². The molecule has 1 aromatic carbocycles. The van der Waals surface area contributed by atoms with E-state index in [1.807, 2.05) is 18.2 Å². The zero-order valence-corrected chi connectivity index (χ0v) is 10.5. The number of hydrogen-bond donors (Lipinski definition) is 0. The summed E-state index contributed by atoms with van der Waals surface area (Å²) in [5.41, 5.74) is 1.53. The lowest BCUT2D eigenvalue weighted by Gasteiger charge is -2.32. The summed E-state index contributed by atoms with van der Waals surface area (Å²) in [7, 11) is 0. The van der Waals surface area contributed by atoms with Gasteiger partial charge in [0.15, 0.2) is 0 Å². The monoisotopic (exact) mass is 280 g/mol. The second-order valence-electron chi connectivity index (χ2n) is 4.63. The summed E-state index contributed by atoms with van der Waals surface area (Å²) >= 11 is 3.47. The number of benzene rings is 1. The van der Waals surface area contributed by atoms with E-state index in [0.29, 0.717) is 0 Å². The highest BCUT2D eigenvalue weighted by atomic mass is 79.9. The molecule has 84 valence electrons. The van der Waals surface area contributed by atoms with Crippen molar-refractivity contribution in [3.63, 3.8) is 0 Å². The third-order valence-electron chi connectivity index (χ3n) is 3.64. The molecule has 0 aromatic heterocycles. The van der Waals surface area contributed by atoms with Crippen molar-refractivity contribution in [3.05, 3.63) is 33.8 Å². The molecule has 0 unspecified atom stereocenters. The van der Waals surface area contributed by atoms with E-state index in [-0.39, 0.29) is 11.6 Å². The largest absolute Gasteiger partial charge is 0.451 e. The molecule has 1 aromatic rings. The number of carbonyl (C=O) groups is 1. The smallest absolute Gasteiger partial charge is 0.339 e. The zero-order valence-electron chi connectivity index (χ0n) is 8.96. The highest BCUT2D eigenvalue weighted by molar-refractivity contribution is 9.10. The van der Waals surface area contributed by atoms with Gasteiger partial charge in [0.05, 0.1) is 5.56 Å². The normalized spacial score (nSPS) is 21.9. The van der Waals surface area contributed by atoms with Gasteiger partial charge in [-0.05, 0) is 43.9 Å². The number of hydrogen-bond acceptors (Lipinski definition) is 2. The molecule has 3 heteroatoms. The maximum Gasteiger partial charge on any atom is 0.339 e. The van der Waals surface area contributed by atoms with Crippen molar-refractivity contribution < 1.29 is 9.53 Å². The van der Waals surface area contributed by atoms with Gasteiger partial charge in [0.1, 0.15) is 5.60 Å². The molecule has 1 fully saturated rings. The van der Waals surface area contributed by atoms with E-state index in [9.17, 15) is 4.79 Å². The number of rotatable bonds is 0. The van der Waals surface area contributed by atoms with Crippen LogP contribution in [0.4, 0.5) is 0 Å². The van der Waals surface area contributed by atoms with Crippen LogP contribution in [0, 0.1) is 0 Å². The highest BCUT2D eigenvalue weighted by Crippen LogP contribution is 2.47. The maximum atomic E-state index is 11.8. The van der Waals surface area contributed by atoms with E-state index in [1.165, 1.54) is 6.42 Å². The predicted molar refractivity (Wildman–Crippen MR) is 64.3 cm³/mol. The Hall–Kier alpha value is -0.830. The number of fused-ring (bicyclic) bond motifs is 2. The Bertz CT molecular complexity index is 447. The van der Waals surface area contributed by atoms with Gasteiger partial charge < -0.3 is 4.74 Å². The van der Waals surface area contributed by atoms with Crippen molar-refractivity contribution in [3.8, 4) is 0 Å². The van der Waals surface area contributed by atoms with Gasteiger partial charge in [0.2, 0.25) is 0 Å². The fraction of sp³-hybridized carbons (Fsp3) is 0.462. The van der Waals surface area contributed by atoms with Crippen LogP contribution in [-0.4, -0.2) is 5.97 Å². The molecule has 2 nitrogen and oxygen atoms in total. The van der Waals surface area contributed by atoms with E-state index in [2.05, 4.69) is 15.9 Å². The second-order valence-corrected chi connectivity index (χ2v) is 5.55. The summed E-state index contributed by atoms with van der Waals surface area (Å²) in [4.78, 5) is 11.8. The lowest BCUT2D eigenvalue weighted by molar-refractivity contribution is -0.0280. The Balaban J connectivity index is 2.12. The molecule has 1 aliphatic carbocycles. The van der Waals surface area contributed by atoms with E-state index in [4.69, 9.17) is 4.74 Å². The molecular formula is C13H13BrO2. The van der Waals surface area contributed by atoms with E-state index < -0.39 is 0 Å². The molecule has 0 atom stereocenters. The Morgan fingerprint density at radius 2 is 1.94 bits per heavy atom. The summed E-state index contributed by atoms with van der Waals surface area (Å²) in [6, 6.07) is 5.82. The van der Waals surface area contributed by atoms with Crippen LogP contribution in [0.25, 0.3) is 0 Å². The number of esters is 1. The topological polar surface area (TPSA) is 26.3 Å². The van der Waals surface area contributed by atoms with Crippen LogP contribution >= 0.6 is 15.9 Å². The number of ether oxygens (including phenoxy) is 1. The van der Waals surface area contributed by atoms with Crippen molar-refractivity contribution in [2.75, 3.05) is 0 Å². The van der Waals surface area contributed by atoms with Crippen LogP contribution in [0.1, 0.15) is 48.0 Å². The number of carbonyl (C=O) groups excluding carboxylic acids is 1. The van der Waals surface area contributed by atoms with Crippen molar-refractivity contribution >= 4 is 21.9 Å². The molecule has 2 aliphatic rings. The molecule has 0 bridgehead atoms. The molecule has 1 saturated carbocycles. The van der Waals surface area contributed by atoms with Crippen molar-refractivity contribution in [2.45, 2.75) is 37.7 Å². The SMILES string of the molecule is O=C1OC2(CCCCC2)c2cc(Br)ccc21. The Kier molecular flexibility index (Phi) is 2.32. The standard InChI is InChI=1S/C13H13BrO2/c14-9-4-5-10-11(8-9)13(16-12(10)15)6-2-1-3-7-13/h4-5,8H,1-3,6-7H2. The van der Waals surface area contributed by atoms with Gasteiger partial charge in [0.25, 0.3) is 0 Å². The molecule has 1 aliphatic heterocycles. The lowest BCUT2D eigenvalue weighted by Crippen LogP contribution is -2.28. The fourth-order valence-corrected chi connectivity index (χ4v) is 3.21. The van der Waals surface area contributed by atoms with Crippen LogP contribution < -0.4 is 0 Å². The lowest BCUT2D eigenvalue weighted by atomic mass is 9.79. The highest BCUT2D eigenvalue weighted by Gasteiger charge is 2.45. The third kappa shape index (κ3) is 1.41. The molecule has 0 N–H and O–H groups in total. The Morgan fingerprint density at radius 3 is 2.69 bits per heavy atom. The molecule has 1 heterocycles. The summed E-state index contributed by atoms with van der Waals surface area (Å²) in [6.45, 7) is 0. The average molecular weight is 281 g/mol. The average Bonchev–Trinajstić information content (AvgIpc) is 2.53. The first-order valence-electron chi connectivity index (χ1n) is 5.75. The van der Waals surface area contributed by atoms with Crippen molar-refractivity contribution in [2.24, 2.45) is 0 Å². The molecule has 0 radical (unpaired) electrons. The van der Waals surface area contributed by atoms with Gasteiger partial charge in [-0.15, -0.1) is 0 Å². The minimum absolute atomic E-state index is 0.149. The van der Waals surface area contributed by atoms with Crippen molar-refractivity contribution in [1.82, 2.24) is 0 Å². The first-order valence-corrected chi connectivity index (χ1v) is 6.54. The van der Waals surface area contributed by atoms with E-state index in [1.54, 1.807) is 0 Å². The van der Waals surface area contributed by atoms with Crippen molar-refractivity contribution in [1.29, 1.82) is 0 Å². The van der Waals surface area contributed by atoms with Gasteiger partial charge in [-0.1, -0.05) is 22.4 Å². The molecule has 3 rings (SSSR count). The van der Waals surface area contributed by atoms with Crippen LogP contribution in [0.2, 0.25) is 0 Å². The van der Waals surface area contributed by atoms with Crippen LogP contribution in [0.5, 0.6) is 0 Å². The molecule has 0 amide bonds. The zero-order chi connectivity index (χ0) is 11.2. The first kappa shape index (κ1) is 10.3. The van der Waals surface area contributed by atoms with Gasteiger partial charge in [-0.25, -0.2) is 4.79 Å². The van der Waals surface area contributed by atoms with Crippen LogP contribution in [0.15, 0.2) is 22.7 Å². The summed E-state index contributed by atoms with van der Waals surface area (Å²) in [5.74, 6) is -0.149. The minimum Gasteiger partial charge on any atom is -0.451 e. The molecule has 0 saturated heterocycles. The predicted octanol–water partition coefficient (Wildman–Crippen LogP) is 3.78.